The number of hydrogen-bond donors (Lipinski definition) is 2. The molecule has 2 rings (SSSR count). The first-order valence-corrected chi connectivity index (χ1v) is 7.40. The summed E-state index contributed by atoms with van der Waals surface area (Å²) >= 11 is 0. The maximum absolute atomic E-state index is 12.6. The summed E-state index contributed by atoms with van der Waals surface area (Å²) in [7, 11) is 2.20. The van der Waals surface area contributed by atoms with Crippen LogP contribution in [0.15, 0.2) is 24.3 Å². The van der Waals surface area contributed by atoms with Crippen molar-refractivity contribution in [3.63, 3.8) is 0 Å². The lowest BCUT2D eigenvalue weighted by atomic mass is 10.2. The minimum Gasteiger partial charge on any atom is -0.493 e. The van der Waals surface area contributed by atoms with E-state index in [-0.39, 0.29) is 0 Å². The monoisotopic (exact) mass is 304 g/mol. The first kappa shape index (κ1) is 16.1. The number of benzene rings is 1. The molecule has 1 heterocycles. The van der Waals surface area contributed by atoms with Gasteiger partial charge >= 0.3 is 6.18 Å². The quantitative estimate of drug-likeness (QED) is 0.727. The van der Waals surface area contributed by atoms with Gasteiger partial charge in [0.2, 0.25) is 0 Å². The Bertz CT molecular complexity index is 443. The lowest BCUT2D eigenvalue weighted by molar-refractivity contribution is -1.00. The highest BCUT2D eigenvalue weighted by molar-refractivity contribution is 5.30. The molecule has 0 aliphatic carbocycles. The minimum atomic E-state index is -4.31. The Labute approximate surface area is 123 Å². The summed E-state index contributed by atoms with van der Waals surface area (Å²) in [6.45, 7) is 6.18. The number of alkyl halides is 3. The Morgan fingerprint density at radius 2 is 1.86 bits per heavy atom. The van der Waals surface area contributed by atoms with Crippen LogP contribution < -0.4 is 14.5 Å². The number of halogens is 3. The molecule has 0 saturated carbocycles. The Kier molecular flexibility index (Phi) is 5.47. The lowest BCUT2D eigenvalue weighted by Crippen LogP contribution is -3.27. The van der Waals surface area contributed by atoms with Gasteiger partial charge in [0.15, 0.2) is 0 Å². The summed E-state index contributed by atoms with van der Waals surface area (Å²) in [6, 6.07) is 5.07. The van der Waals surface area contributed by atoms with Crippen LogP contribution in [-0.2, 0) is 6.18 Å². The van der Waals surface area contributed by atoms with Crippen molar-refractivity contribution in [1.29, 1.82) is 0 Å². The second kappa shape index (κ2) is 7.13. The van der Waals surface area contributed by atoms with Crippen molar-refractivity contribution in [3.8, 4) is 5.75 Å². The highest BCUT2D eigenvalue weighted by Gasteiger charge is 2.30. The molecule has 1 aromatic carbocycles. The van der Waals surface area contributed by atoms with Gasteiger partial charge in [-0.3, -0.25) is 0 Å². The van der Waals surface area contributed by atoms with Gasteiger partial charge in [-0.05, 0) is 18.2 Å². The molecule has 2 N–H and O–H groups in total. The average molecular weight is 304 g/mol. The van der Waals surface area contributed by atoms with Crippen LogP contribution in [0.2, 0.25) is 0 Å². The first-order valence-electron chi connectivity index (χ1n) is 7.40. The summed E-state index contributed by atoms with van der Waals surface area (Å²) in [6.07, 6.45) is -3.45. The van der Waals surface area contributed by atoms with Gasteiger partial charge in [-0.25, -0.2) is 0 Å². The van der Waals surface area contributed by atoms with Crippen molar-refractivity contribution in [1.82, 2.24) is 0 Å². The van der Waals surface area contributed by atoms with E-state index in [1.165, 1.54) is 19.2 Å². The SMILES string of the molecule is C[NH+]1CC[NH+](CCCOc2cccc(C(F)(F)F)c2)CC1. The van der Waals surface area contributed by atoms with Crippen molar-refractivity contribution < 1.29 is 27.7 Å². The highest BCUT2D eigenvalue weighted by atomic mass is 19.4. The van der Waals surface area contributed by atoms with Crippen molar-refractivity contribution in [2.45, 2.75) is 12.6 Å². The van der Waals surface area contributed by atoms with Gasteiger partial charge in [0, 0.05) is 6.42 Å². The molecule has 1 aromatic rings. The van der Waals surface area contributed by atoms with Crippen LogP contribution >= 0.6 is 0 Å². The molecule has 1 fully saturated rings. The molecule has 0 atom stereocenters. The molecule has 118 valence electrons. The van der Waals surface area contributed by atoms with Gasteiger partial charge < -0.3 is 14.5 Å². The summed E-state index contributed by atoms with van der Waals surface area (Å²) in [5, 5.41) is 0. The number of rotatable bonds is 5. The van der Waals surface area contributed by atoms with Gasteiger partial charge in [0.1, 0.15) is 31.9 Å². The third kappa shape index (κ3) is 5.21. The average Bonchev–Trinajstić information content (AvgIpc) is 2.45. The number of piperazine rings is 1. The molecule has 1 aliphatic rings. The zero-order valence-corrected chi connectivity index (χ0v) is 12.3. The van der Waals surface area contributed by atoms with Crippen molar-refractivity contribution in [2.24, 2.45) is 0 Å². The number of ether oxygens (including phenoxy) is 1. The van der Waals surface area contributed by atoms with E-state index in [4.69, 9.17) is 4.74 Å². The van der Waals surface area contributed by atoms with Gasteiger partial charge in [0.25, 0.3) is 0 Å². The van der Waals surface area contributed by atoms with E-state index in [1.54, 1.807) is 15.9 Å². The number of nitrogens with one attached hydrogen (secondary N) is 2. The third-order valence-electron chi connectivity index (χ3n) is 3.92. The van der Waals surface area contributed by atoms with Crippen LogP contribution in [0.1, 0.15) is 12.0 Å². The van der Waals surface area contributed by atoms with Crippen molar-refractivity contribution in [3.05, 3.63) is 29.8 Å². The summed E-state index contributed by atoms with van der Waals surface area (Å²) in [4.78, 5) is 3.13. The number of likely N-dealkylation sites (N-methyl/N-ethyl adjacent to an activating group) is 1. The zero-order chi connectivity index (χ0) is 15.3. The smallest absolute Gasteiger partial charge is 0.416 e. The molecule has 1 saturated heterocycles. The maximum Gasteiger partial charge on any atom is 0.416 e. The predicted octanol–water partition coefficient (Wildman–Crippen LogP) is -0.112. The normalized spacial score (nSPS) is 23.0. The molecule has 0 radical (unpaired) electrons. The van der Waals surface area contributed by atoms with E-state index in [2.05, 4.69) is 7.05 Å². The molecule has 21 heavy (non-hydrogen) atoms. The Hall–Kier alpha value is -1.27. The largest absolute Gasteiger partial charge is 0.493 e. The predicted molar refractivity (Wildman–Crippen MR) is 73.7 cm³/mol. The molecule has 0 unspecified atom stereocenters. The Morgan fingerprint density at radius 3 is 2.52 bits per heavy atom. The molecule has 0 bridgehead atoms. The number of quaternary nitrogens is 2. The summed E-state index contributed by atoms with van der Waals surface area (Å²) in [5.41, 5.74) is -0.660. The van der Waals surface area contributed by atoms with Gasteiger partial charge in [0.05, 0.1) is 25.8 Å². The van der Waals surface area contributed by atoms with Gasteiger partial charge in [-0.2, -0.15) is 13.2 Å². The van der Waals surface area contributed by atoms with Gasteiger partial charge in [-0.1, -0.05) is 6.07 Å². The summed E-state index contributed by atoms with van der Waals surface area (Å²) < 4.78 is 43.1. The van der Waals surface area contributed by atoms with E-state index in [9.17, 15) is 13.2 Å². The maximum atomic E-state index is 12.6. The lowest BCUT2D eigenvalue weighted by Gasteiger charge is -2.27. The van der Waals surface area contributed by atoms with Crippen LogP contribution in [0.4, 0.5) is 13.2 Å². The van der Waals surface area contributed by atoms with Crippen LogP contribution in [0, 0.1) is 0 Å². The van der Waals surface area contributed by atoms with Crippen molar-refractivity contribution in [2.75, 3.05) is 46.4 Å². The van der Waals surface area contributed by atoms with Crippen molar-refractivity contribution >= 4 is 0 Å². The molecule has 3 nitrogen and oxygen atoms in total. The molecule has 0 spiro atoms. The van der Waals surface area contributed by atoms with Crippen LogP contribution in [-0.4, -0.2) is 46.4 Å². The van der Waals surface area contributed by atoms with E-state index in [1.807, 2.05) is 0 Å². The molecule has 0 amide bonds. The fourth-order valence-electron chi connectivity index (χ4n) is 2.55. The molecule has 1 aliphatic heterocycles. The standard InChI is InChI=1S/C15H21F3N2O/c1-19-7-9-20(10-8-19)6-3-11-21-14-5-2-4-13(12-14)15(16,17)18/h2,4-5,12H,3,6-11H2,1H3/p+2. The summed E-state index contributed by atoms with van der Waals surface area (Å²) in [5.74, 6) is 0.294. The van der Waals surface area contributed by atoms with E-state index in [0.717, 1.165) is 38.2 Å². The highest BCUT2D eigenvalue weighted by Crippen LogP contribution is 2.31. The van der Waals surface area contributed by atoms with Gasteiger partial charge in [-0.15, -0.1) is 0 Å². The van der Waals surface area contributed by atoms with Crippen LogP contribution in [0.3, 0.4) is 0 Å². The second-order valence-corrected chi connectivity index (χ2v) is 5.68. The van der Waals surface area contributed by atoms with E-state index < -0.39 is 11.7 Å². The fourth-order valence-corrected chi connectivity index (χ4v) is 2.55. The first-order chi connectivity index (χ1) is 9.95. The Morgan fingerprint density at radius 1 is 1.14 bits per heavy atom. The third-order valence-corrected chi connectivity index (χ3v) is 3.92. The second-order valence-electron chi connectivity index (χ2n) is 5.68. The molecule has 6 heteroatoms. The molecular formula is C15H23F3N2O+2. The zero-order valence-electron chi connectivity index (χ0n) is 12.3. The van der Waals surface area contributed by atoms with Crippen LogP contribution in [0.25, 0.3) is 0 Å². The fraction of sp³-hybridized carbons (Fsp3) is 0.600. The topological polar surface area (TPSA) is 18.1 Å². The number of hydrogen-bond acceptors (Lipinski definition) is 1. The Balaban J connectivity index is 1.71. The van der Waals surface area contributed by atoms with Crippen LogP contribution in [0.5, 0.6) is 5.75 Å². The molecule has 0 aromatic heterocycles. The van der Waals surface area contributed by atoms with E-state index in [0.29, 0.717) is 12.4 Å². The molecular weight excluding hydrogens is 281 g/mol. The minimum absolute atomic E-state index is 0.294. The van der Waals surface area contributed by atoms with E-state index >= 15 is 0 Å².